The number of benzene rings is 14. The van der Waals surface area contributed by atoms with Crippen molar-refractivity contribution in [1.82, 2.24) is 0 Å². The smallest absolute Gasteiger partial charge is 0.136 e. The third-order valence-corrected chi connectivity index (χ3v) is 19.3. The Morgan fingerprint density at radius 2 is 0.573 bits per heavy atom. The number of para-hydroxylation sites is 1. The van der Waals surface area contributed by atoms with Gasteiger partial charge in [-0.3, -0.25) is 0 Å². The van der Waals surface area contributed by atoms with Crippen LogP contribution in [0.15, 0.2) is 290 Å². The Morgan fingerprint density at radius 1 is 0.220 bits per heavy atom. The van der Waals surface area contributed by atoms with Gasteiger partial charge < -0.3 is 9.32 Å². The van der Waals surface area contributed by atoms with E-state index in [4.69, 9.17) is 4.42 Å². The van der Waals surface area contributed by atoms with Gasteiger partial charge in [-0.15, -0.1) is 0 Å². The molecule has 0 fully saturated rings. The lowest BCUT2D eigenvalue weighted by molar-refractivity contribution is 0.669. The van der Waals surface area contributed by atoms with Crippen molar-refractivity contribution in [1.29, 1.82) is 0 Å². The first kappa shape index (κ1) is 44.3. The van der Waals surface area contributed by atoms with Gasteiger partial charge in [0, 0.05) is 33.2 Å². The fourth-order valence-corrected chi connectivity index (χ4v) is 16.2. The molecule has 0 atom stereocenters. The molecule has 0 saturated carbocycles. The molecule has 0 N–H and O–H groups in total. The fourth-order valence-electron chi connectivity index (χ4n) is 16.2. The summed E-state index contributed by atoms with van der Waals surface area (Å²) in [5.74, 6) is 0. The largest absolute Gasteiger partial charge is 0.456 e. The van der Waals surface area contributed by atoms with E-state index in [1.807, 2.05) is 0 Å². The van der Waals surface area contributed by atoms with E-state index in [1.165, 1.54) is 138 Å². The zero-order chi connectivity index (χ0) is 53.4. The van der Waals surface area contributed by atoms with Gasteiger partial charge in [0.05, 0.1) is 10.8 Å². The van der Waals surface area contributed by atoms with Crippen LogP contribution in [-0.2, 0) is 10.8 Å². The van der Waals surface area contributed by atoms with Crippen LogP contribution in [0.4, 0.5) is 17.1 Å². The van der Waals surface area contributed by atoms with Crippen LogP contribution in [0.5, 0.6) is 0 Å². The van der Waals surface area contributed by atoms with E-state index in [-0.39, 0.29) is 0 Å². The monoisotopic (exact) mass is 1040 g/mol. The summed E-state index contributed by atoms with van der Waals surface area (Å²) in [6.45, 7) is 0. The maximum absolute atomic E-state index is 6.48. The molecule has 2 nitrogen and oxygen atoms in total. The van der Waals surface area contributed by atoms with Crippen LogP contribution >= 0.6 is 0 Å². The van der Waals surface area contributed by atoms with Crippen LogP contribution in [0.1, 0.15) is 44.5 Å². The molecule has 82 heavy (non-hydrogen) atoms. The lowest BCUT2D eigenvalue weighted by Crippen LogP contribution is -2.26. The van der Waals surface area contributed by atoms with Crippen LogP contribution < -0.4 is 4.90 Å². The van der Waals surface area contributed by atoms with E-state index in [9.17, 15) is 0 Å². The molecule has 19 rings (SSSR count). The van der Waals surface area contributed by atoms with Crippen molar-refractivity contribution in [3.8, 4) is 55.6 Å². The lowest BCUT2D eigenvalue weighted by atomic mass is 9.70. The Labute approximate surface area is 474 Å². The normalized spacial score (nSPS) is 14.0. The topological polar surface area (TPSA) is 16.4 Å². The Balaban J connectivity index is 0.850. The third kappa shape index (κ3) is 5.45. The summed E-state index contributed by atoms with van der Waals surface area (Å²) in [7, 11) is 0. The van der Waals surface area contributed by atoms with Crippen molar-refractivity contribution < 1.29 is 4.42 Å². The molecule has 1 aromatic heterocycles. The summed E-state index contributed by atoms with van der Waals surface area (Å²) in [5.41, 5.74) is 27.5. The molecule has 14 aromatic carbocycles. The van der Waals surface area contributed by atoms with Gasteiger partial charge in [-0.05, 0) is 182 Å². The zero-order valence-corrected chi connectivity index (χ0v) is 44.5. The molecule has 0 bridgehead atoms. The SMILES string of the molecule is c1ccc2c(c1)-c1ccccc1C21c2ccccc2-c2ccc(N(c3ccc(-c4cccc5c6ccc7oc8ccccc8c7c6c6ccccc6c45)cc3)c3ccc4c(c3)C3(c5ccccc5-c5ccccc53)c3ccccc3-4)cc21. The Kier molecular flexibility index (Phi) is 8.69. The minimum Gasteiger partial charge on any atom is -0.456 e. The molecule has 2 spiro atoms. The maximum atomic E-state index is 6.48. The Bertz CT molecular complexity index is 4960. The first-order valence-corrected chi connectivity index (χ1v) is 28.7. The minimum atomic E-state index is -0.497. The van der Waals surface area contributed by atoms with Crippen molar-refractivity contribution >= 4 is 71.3 Å². The third-order valence-electron chi connectivity index (χ3n) is 19.3. The second-order valence-electron chi connectivity index (χ2n) is 22.8. The van der Waals surface area contributed by atoms with E-state index < -0.39 is 10.8 Å². The number of furan rings is 1. The molecule has 0 radical (unpaired) electrons. The van der Waals surface area contributed by atoms with Gasteiger partial charge in [0.25, 0.3) is 0 Å². The highest BCUT2D eigenvalue weighted by Crippen LogP contribution is 2.65. The van der Waals surface area contributed by atoms with Gasteiger partial charge >= 0.3 is 0 Å². The quantitative estimate of drug-likeness (QED) is 0.163. The van der Waals surface area contributed by atoms with Crippen LogP contribution in [-0.4, -0.2) is 0 Å². The van der Waals surface area contributed by atoms with Gasteiger partial charge in [0.2, 0.25) is 0 Å². The van der Waals surface area contributed by atoms with Crippen molar-refractivity contribution in [3.63, 3.8) is 0 Å². The summed E-state index contributed by atoms with van der Waals surface area (Å²) in [6.07, 6.45) is 0. The molecule has 0 unspecified atom stereocenters. The molecular weight excluding hydrogens is 991 g/mol. The first-order chi connectivity index (χ1) is 40.7. The van der Waals surface area contributed by atoms with E-state index in [2.05, 4.69) is 290 Å². The number of anilines is 3. The Morgan fingerprint density at radius 3 is 1.05 bits per heavy atom. The number of fused-ring (bicyclic) bond motifs is 30. The van der Waals surface area contributed by atoms with Gasteiger partial charge in [-0.1, -0.05) is 231 Å². The molecular formula is C80H47NO. The second kappa shape index (κ2) is 16.1. The van der Waals surface area contributed by atoms with Crippen molar-refractivity contribution in [3.05, 3.63) is 330 Å². The maximum Gasteiger partial charge on any atom is 0.136 e. The number of rotatable bonds is 4. The van der Waals surface area contributed by atoms with Crippen LogP contribution in [0.25, 0.3) is 110 Å². The zero-order valence-electron chi connectivity index (χ0n) is 44.5. The molecule has 15 aromatic rings. The molecule has 378 valence electrons. The van der Waals surface area contributed by atoms with Crippen molar-refractivity contribution in [2.24, 2.45) is 0 Å². The van der Waals surface area contributed by atoms with Crippen LogP contribution in [0.2, 0.25) is 0 Å². The number of nitrogens with zero attached hydrogens (tertiary/aromatic N) is 1. The molecule has 4 aliphatic carbocycles. The fraction of sp³-hybridized carbons (Fsp3) is 0.0250. The average molecular weight is 1040 g/mol. The van der Waals surface area contributed by atoms with Gasteiger partial charge in [0.15, 0.2) is 0 Å². The van der Waals surface area contributed by atoms with Crippen LogP contribution in [0, 0.1) is 0 Å². The van der Waals surface area contributed by atoms with Gasteiger partial charge in [0.1, 0.15) is 11.2 Å². The molecule has 4 aliphatic rings. The highest BCUT2D eigenvalue weighted by atomic mass is 16.3. The second-order valence-corrected chi connectivity index (χ2v) is 22.8. The summed E-state index contributed by atoms with van der Waals surface area (Å²) < 4.78 is 6.48. The van der Waals surface area contributed by atoms with E-state index >= 15 is 0 Å². The highest BCUT2D eigenvalue weighted by Gasteiger charge is 2.53. The first-order valence-electron chi connectivity index (χ1n) is 28.7. The predicted molar refractivity (Wildman–Crippen MR) is 339 cm³/mol. The molecule has 1 heterocycles. The summed E-state index contributed by atoms with van der Waals surface area (Å²) >= 11 is 0. The van der Waals surface area contributed by atoms with E-state index in [1.54, 1.807) is 0 Å². The number of hydrogen-bond acceptors (Lipinski definition) is 2. The summed E-state index contributed by atoms with van der Waals surface area (Å²) in [5, 5.41) is 9.73. The molecule has 0 amide bonds. The predicted octanol–water partition coefficient (Wildman–Crippen LogP) is 20.9. The molecule has 0 saturated heterocycles. The van der Waals surface area contributed by atoms with Gasteiger partial charge in [-0.25, -0.2) is 0 Å². The van der Waals surface area contributed by atoms with E-state index in [0.29, 0.717) is 0 Å². The molecule has 0 aliphatic heterocycles. The van der Waals surface area contributed by atoms with Crippen LogP contribution in [0.3, 0.4) is 0 Å². The number of hydrogen-bond donors (Lipinski definition) is 0. The Hall–Kier alpha value is -10.5. The van der Waals surface area contributed by atoms with Crippen molar-refractivity contribution in [2.75, 3.05) is 4.90 Å². The highest BCUT2D eigenvalue weighted by molar-refractivity contribution is 6.36. The lowest BCUT2D eigenvalue weighted by Gasteiger charge is -2.33. The molecule has 2 heteroatoms. The summed E-state index contributed by atoms with van der Waals surface area (Å²) in [4.78, 5) is 2.53. The minimum absolute atomic E-state index is 0.497. The van der Waals surface area contributed by atoms with Gasteiger partial charge in [-0.2, -0.15) is 0 Å². The average Bonchev–Trinajstić information content (AvgIpc) is 1.84. The van der Waals surface area contributed by atoms with Crippen molar-refractivity contribution in [2.45, 2.75) is 10.8 Å². The standard InChI is InChI=1S/C80H47NO/c1-2-25-63-61(24-1)76-52(27-17-28-62(76)64-44-45-75-78(77(63)64)65-26-9-16-35-74(65)82-75)48-36-38-49(39-37-48)81(50-40-42-59-57-22-7-14-33-70(57)79(72(59)46-50)66-29-10-3-18-53(66)54-19-4-11-30-67(54)79)51-41-43-60-58-23-8-15-34-71(58)80(73(60)47-51)68-31-12-5-20-55(68)56-21-6-13-32-69(56)80/h1-47H. The van der Waals surface area contributed by atoms with E-state index in [0.717, 1.165) is 33.6 Å². The summed E-state index contributed by atoms with van der Waals surface area (Å²) in [6, 6.07) is 107.